The number of H-pyrrole nitrogens is 1. The van der Waals surface area contributed by atoms with E-state index in [-0.39, 0.29) is 17.2 Å². The van der Waals surface area contributed by atoms with Crippen LogP contribution in [0.4, 0.5) is 0 Å². The van der Waals surface area contributed by atoms with Crippen LogP contribution in [-0.2, 0) is 23.3 Å². The third kappa shape index (κ3) is 3.68. The Bertz CT molecular complexity index is 821. The Labute approximate surface area is 153 Å². The smallest absolute Gasteiger partial charge is 0.220 e. The lowest BCUT2D eigenvalue weighted by atomic mass is 9.68. The zero-order valence-electron chi connectivity index (χ0n) is 15.1. The van der Waals surface area contributed by atoms with Crippen LogP contribution in [-0.4, -0.2) is 20.7 Å². The van der Waals surface area contributed by atoms with Gasteiger partial charge in [-0.25, -0.2) is 0 Å². The number of amides is 1. The lowest BCUT2D eigenvalue weighted by Gasteiger charge is -2.37. The number of benzene rings is 1. The van der Waals surface area contributed by atoms with Gasteiger partial charge in [-0.3, -0.25) is 9.89 Å². The third-order valence-electron chi connectivity index (χ3n) is 5.28. The maximum atomic E-state index is 12.5. The Morgan fingerprint density at radius 3 is 2.96 bits per heavy atom. The van der Waals surface area contributed by atoms with Gasteiger partial charge >= 0.3 is 0 Å². The van der Waals surface area contributed by atoms with Gasteiger partial charge in [-0.05, 0) is 54.4 Å². The molecule has 1 amide bonds. The molecule has 6 heteroatoms. The number of carbonyl (C=O) groups is 1. The highest BCUT2D eigenvalue weighted by atomic mass is 32.1. The van der Waals surface area contributed by atoms with Gasteiger partial charge in [-0.1, -0.05) is 38.1 Å². The number of aromatic nitrogens is 3. The quantitative estimate of drug-likeness (QED) is 0.799. The molecule has 1 atom stereocenters. The van der Waals surface area contributed by atoms with E-state index in [4.69, 9.17) is 12.2 Å². The molecule has 0 saturated carbocycles. The van der Waals surface area contributed by atoms with Crippen molar-refractivity contribution >= 4 is 18.1 Å². The Morgan fingerprint density at radius 1 is 1.44 bits per heavy atom. The van der Waals surface area contributed by atoms with Crippen molar-refractivity contribution in [2.24, 2.45) is 0 Å². The molecule has 0 spiro atoms. The monoisotopic (exact) mass is 358 g/mol. The first-order valence-electron chi connectivity index (χ1n) is 8.92. The molecule has 0 radical (unpaired) electrons. The van der Waals surface area contributed by atoms with E-state index < -0.39 is 0 Å². The van der Waals surface area contributed by atoms with Crippen LogP contribution in [0.15, 0.2) is 24.3 Å². The highest BCUT2D eigenvalue weighted by molar-refractivity contribution is 7.71. The molecule has 0 bridgehead atoms. The number of aromatic amines is 1. The average molecular weight is 359 g/mol. The molecule has 1 heterocycles. The van der Waals surface area contributed by atoms with E-state index in [1.807, 2.05) is 11.5 Å². The highest BCUT2D eigenvalue weighted by Gasteiger charge is 2.33. The number of carbonyl (C=O) groups excluding carboxylic acids is 1. The molecule has 134 valence electrons. The summed E-state index contributed by atoms with van der Waals surface area (Å²) in [5.41, 5.74) is 2.89. The second kappa shape index (κ2) is 7.12. The predicted octanol–water partition coefficient (Wildman–Crippen LogP) is 3.82. The van der Waals surface area contributed by atoms with Crippen molar-refractivity contribution in [3.63, 3.8) is 0 Å². The molecule has 0 fully saturated rings. The fourth-order valence-electron chi connectivity index (χ4n) is 3.79. The van der Waals surface area contributed by atoms with Gasteiger partial charge in [0.05, 0.1) is 6.54 Å². The van der Waals surface area contributed by atoms with Crippen molar-refractivity contribution < 1.29 is 4.79 Å². The van der Waals surface area contributed by atoms with E-state index in [2.05, 4.69) is 53.6 Å². The molecule has 1 unspecified atom stereocenters. The fraction of sp³-hybridized carbons (Fsp3) is 0.526. The zero-order chi connectivity index (χ0) is 18.0. The number of nitrogens with one attached hydrogen (secondary N) is 2. The Morgan fingerprint density at radius 2 is 2.20 bits per heavy atom. The van der Waals surface area contributed by atoms with Crippen molar-refractivity contribution in [3.05, 3.63) is 46.0 Å². The van der Waals surface area contributed by atoms with Crippen LogP contribution in [0, 0.1) is 4.77 Å². The van der Waals surface area contributed by atoms with E-state index in [0.29, 0.717) is 17.7 Å². The van der Waals surface area contributed by atoms with Crippen molar-refractivity contribution in [1.29, 1.82) is 0 Å². The SMILES string of the molecule is CCn1c(CNC(=O)CC2CCC(C)(C)c3ccccc32)n[nH]c1=S. The molecule has 3 rings (SSSR count). The van der Waals surface area contributed by atoms with E-state index in [1.165, 1.54) is 11.1 Å². The van der Waals surface area contributed by atoms with Crippen LogP contribution < -0.4 is 5.32 Å². The van der Waals surface area contributed by atoms with E-state index in [9.17, 15) is 4.79 Å². The molecule has 2 N–H and O–H groups in total. The van der Waals surface area contributed by atoms with Crippen LogP contribution >= 0.6 is 12.2 Å². The Hall–Kier alpha value is -1.95. The molecule has 2 aromatic rings. The van der Waals surface area contributed by atoms with Crippen LogP contribution in [0.3, 0.4) is 0 Å². The molecular weight excluding hydrogens is 332 g/mol. The molecule has 0 saturated heterocycles. The van der Waals surface area contributed by atoms with E-state index in [0.717, 1.165) is 25.2 Å². The summed E-state index contributed by atoms with van der Waals surface area (Å²) in [6.07, 6.45) is 2.67. The Balaban J connectivity index is 1.66. The standard InChI is InChI=1S/C19H26N4OS/c1-4-23-16(21-22-18(23)25)12-20-17(24)11-13-9-10-19(2,3)15-8-6-5-7-14(13)15/h5-8,13H,4,9-12H2,1-3H3,(H,20,24)(H,22,25). The second-order valence-corrected chi connectivity index (χ2v) is 7.76. The van der Waals surface area contributed by atoms with Crippen molar-refractivity contribution in [2.75, 3.05) is 0 Å². The molecule has 1 aromatic heterocycles. The fourth-order valence-corrected chi connectivity index (χ4v) is 4.07. The van der Waals surface area contributed by atoms with Crippen LogP contribution in [0.25, 0.3) is 0 Å². The summed E-state index contributed by atoms with van der Waals surface area (Å²) in [5.74, 6) is 1.12. The number of rotatable bonds is 5. The lowest BCUT2D eigenvalue weighted by molar-refractivity contribution is -0.121. The first kappa shape index (κ1) is 17.9. The first-order valence-corrected chi connectivity index (χ1v) is 9.33. The van der Waals surface area contributed by atoms with Crippen molar-refractivity contribution in [3.8, 4) is 0 Å². The number of hydrogen-bond acceptors (Lipinski definition) is 3. The molecule has 5 nitrogen and oxygen atoms in total. The second-order valence-electron chi connectivity index (χ2n) is 7.38. The lowest BCUT2D eigenvalue weighted by Crippen LogP contribution is -2.30. The zero-order valence-corrected chi connectivity index (χ0v) is 15.9. The minimum Gasteiger partial charge on any atom is -0.349 e. The van der Waals surface area contributed by atoms with Crippen molar-refractivity contribution in [2.45, 2.75) is 64.5 Å². The van der Waals surface area contributed by atoms with Gasteiger partial charge in [0.15, 0.2) is 10.6 Å². The predicted molar refractivity (Wildman–Crippen MR) is 101 cm³/mol. The molecule has 1 aliphatic rings. The summed E-state index contributed by atoms with van der Waals surface area (Å²) in [4.78, 5) is 12.5. The summed E-state index contributed by atoms with van der Waals surface area (Å²) in [6.45, 7) is 7.73. The van der Waals surface area contributed by atoms with Crippen LogP contribution in [0.2, 0.25) is 0 Å². The molecule has 25 heavy (non-hydrogen) atoms. The molecule has 1 aromatic carbocycles. The maximum absolute atomic E-state index is 12.5. The largest absolute Gasteiger partial charge is 0.349 e. The summed E-state index contributed by atoms with van der Waals surface area (Å²) in [5, 5.41) is 9.97. The normalized spacial score (nSPS) is 18.6. The van der Waals surface area contributed by atoms with Gasteiger partial charge in [-0.15, -0.1) is 0 Å². The highest BCUT2D eigenvalue weighted by Crippen LogP contribution is 2.43. The minimum absolute atomic E-state index is 0.0658. The van der Waals surface area contributed by atoms with Gasteiger partial charge in [0, 0.05) is 13.0 Å². The topological polar surface area (TPSA) is 62.7 Å². The number of hydrogen-bond donors (Lipinski definition) is 2. The molecule has 0 aliphatic heterocycles. The van der Waals surface area contributed by atoms with Crippen LogP contribution in [0.1, 0.15) is 62.9 Å². The molecule has 1 aliphatic carbocycles. The average Bonchev–Trinajstić information content (AvgIpc) is 2.96. The van der Waals surface area contributed by atoms with E-state index >= 15 is 0 Å². The molecular formula is C19H26N4OS. The minimum atomic E-state index is 0.0658. The van der Waals surface area contributed by atoms with Gasteiger partial charge in [0.1, 0.15) is 0 Å². The van der Waals surface area contributed by atoms with Gasteiger partial charge in [0.25, 0.3) is 0 Å². The summed E-state index contributed by atoms with van der Waals surface area (Å²) >= 11 is 5.18. The van der Waals surface area contributed by atoms with E-state index in [1.54, 1.807) is 0 Å². The summed E-state index contributed by atoms with van der Waals surface area (Å²) < 4.78 is 2.49. The van der Waals surface area contributed by atoms with Crippen LogP contribution in [0.5, 0.6) is 0 Å². The summed E-state index contributed by atoms with van der Waals surface area (Å²) in [6, 6.07) is 8.55. The van der Waals surface area contributed by atoms with Crippen molar-refractivity contribution in [1.82, 2.24) is 20.1 Å². The first-order chi connectivity index (χ1) is 11.9. The van der Waals surface area contributed by atoms with Gasteiger partial charge in [-0.2, -0.15) is 5.10 Å². The van der Waals surface area contributed by atoms with Gasteiger partial charge in [0.2, 0.25) is 5.91 Å². The number of fused-ring (bicyclic) bond motifs is 1. The summed E-state index contributed by atoms with van der Waals surface area (Å²) in [7, 11) is 0. The van der Waals surface area contributed by atoms with Gasteiger partial charge < -0.3 is 9.88 Å². The maximum Gasteiger partial charge on any atom is 0.220 e. The third-order valence-corrected chi connectivity index (χ3v) is 5.59. The number of nitrogens with zero attached hydrogens (tertiary/aromatic N) is 2. The Kier molecular flexibility index (Phi) is 5.08.